The number of H-pyrrole nitrogens is 1. The van der Waals surface area contributed by atoms with Gasteiger partial charge in [0.25, 0.3) is 10.1 Å². The van der Waals surface area contributed by atoms with Crippen LogP contribution in [0, 0.1) is 18.3 Å². The van der Waals surface area contributed by atoms with Gasteiger partial charge in [0.05, 0.1) is 38.9 Å². The minimum absolute atomic E-state index is 0.114. The zero-order chi connectivity index (χ0) is 55.8. The van der Waals surface area contributed by atoms with Gasteiger partial charge in [0.15, 0.2) is 6.10 Å². The molecule has 9 atom stereocenters. The third kappa shape index (κ3) is 8.69. The number of aliphatic hydroxyl groups is 1. The third-order valence-corrected chi connectivity index (χ3v) is 18.8. The van der Waals surface area contributed by atoms with E-state index in [4.69, 9.17) is 27.9 Å². The molecule has 5 aliphatic rings. The summed E-state index contributed by atoms with van der Waals surface area (Å²) in [5.74, 6) is -6.18. The summed E-state index contributed by atoms with van der Waals surface area (Å²) < 4.78 is 107. The Hall–Kier alpha value is -6.00. The molecule has 0 radical (unpaired) electrons. The molecule has 17 nitrogen and oxygen atoms in total. The normalized spacial score (nSPS) is 30.3. The smallest absolute Gasteiger partial charge is 0.490 e. The van der Waals surface area contributed by atoms with Crippen molar-refractivity contribution in [1.82, 2.24) is 14.8 Å². The number of aryl methyl sites for hydroxylation is 1. The second-order valence-corrected chi connectivity index (χ2v) is 23.2. The Morgan fingerprint density at radius 2 is 1.60 bits per heavy atom. The predicted molar refractivity (Wildman–Crippen MR) is 276 cm³/mol. The van der Waals surface area contributed by atoms with Crippen molar-refractivity contribution in [2.75, 3.05) is 73.1 Å². The van der Waals surface area contributed by atoms with Crippen LogP contribution in [0.4, 0.5) is 18.9 Å². The van der Waals surface area contributed by atoms with Gasteiger partial charge in [0.1, 0.15) is 16.8 Å². The van der Waals surface area contributed by atoms with Gasteiger partial charge in [0.2, 0.25) is 5.60 Å². The van der Waals surface area contributed by atoms with Crippen molar-refractivity contribution in [2.45, 2.75) is 118 Å². The Kier molecular flexibility index (Phi) is 14.5. The molecule has 1 saturated carbocycles. The maximum atomic E-state index is 16.0. The standard InChI is InChI=1S/C56H67F3N4O13S/c1-10-51(76-50(67)56(57,58)59)29-35(31-74-77(69,70)36-19-17-33(3)18-20-36)30-54(48(65)72-8,44-38(21-25-61(5)32-51)37-15-12-13-16-41(37)60-44)40-27-39-42(28-43(40)71-7)62(6)46-53(39)23-26-63-24-14-22-52(11-2,45(53)63)47(75-34(4)64)55(46,68)49(66)73-9/h12-20,22,27-28,35,45-47,60,68H,10-11,21,23-26,29-32H2,1-9H3/t35-,45-,46+,47+,51-,52+,53?,54-,55-/m0/s1. The van der Waals surface area contributed by atoms with Crippen molar-refractivity contribution in [3.8, 4) is 5.75 Å². The molecule has 3 aromatic carbocycles. The van der Waals surface area contributed by atoms with Crippen LogP contribution < -0.4 is 9.64 Å². The Balaban J connectivity index is 1.36. The number of halogens is 3. The summed E-state index contributed by atoms with van der Waals surface area (Å²) in [6, 6.07) is 15.1. The number of esters is 4. The molecule has 1 saturated heterocycles. The van der Waals surface area contributed by atoms with E-state index in [2.05, 4.69) is 9.88 Å². The van der Waals surface area contributed by atoms with Gasteiger partial charge in [-0.2, -0.15) is 21.6 Å². The van der Waals surface area contributed by atoms with Crippen LogP contribution in [0.15, 0.2) is 77.7 Å². The first-order chi connectivity index (χ1) is 36.4. The van der Waals surface area contributed by atoms with Crippen molar-refractivity contribution >= 4 is 50.6 Å². The average molecular weight is 1090 g/mol. The molecule has 1 spiro atoms. The first-order valence-corrected chi connectivity index (χ1v) is 27.3. The lowest BCUT2D eigenvalue weighted by molar-refractivity contribution is -0.228. The first-order valence-electron chi connectivity index (χ1n) is 25.9. The van der Waals surface area contributed by atoms with Crippen LogP contribution in [-0.2, 0) is 69.7 Å². The topological polar surface area (TPSA) is 204 Å². The number of likely N-dealkylation sites (N-methyl/N-ethyl adjacent to an activating group) is 2. The van der Waals surface area contributed by atoms with Gasteiger partial charge >= 0.3 is 30.1 Å². The van der Waals surface area contributed by atoms with Crippen molar-refractivity contribution in [3.05, 3.63) is 101 Å². The Bertz CT molecular complexity index is 3130. The van der Waals surface area contributed by atoms with E-state index >= 15 is 4.79 Å². The maximum Gasteiger partial charge on any atom is 0.490 e. The molecule has 1 aliphatic carbocycles. The minimum Gasteiger partial charge on any atom is -0.496 e. The number of anilines is 1. The molecule has 4 aliphatic heterocycles. The Labute approximate surface area is 446 Å². The van der Waals surface area contributed by atoms with Gasteiger partial charge in [-0.15, -0.1) is 0 Å². The van der Waals surface area contributed by atoms with Gasteiger partial charge in [-0.1, -0.05) is 61.9 Å². The fraction of sp³-hybridized carbons (Fsp3) is 0.536. The summed E-state index contributed by atoms with van der Waals surface area (Å²) in [6.07, 6.45) is -3.18. The Morgan fingerprint density at radius 1 is 0.896 bits per heavy atom. The quantitative estimate of drug-likeness (QED) is 0.0679. The van der Waals surface area contributed by atoms with Gasteiger partial charge in [-0.3, -0.25) is 18.7 Å². The highest BCUT2D eigenvalue weighted by atomic mass is 32.2. The van der Waals surface area contributed by atoms with Gasteiger partial charge < -0.3 is 43.6 Å². The number of hydrogen-bond acceptors (Lipinski definition) is 16. The summed E-state index contributed by atoms with van der Waals surface area (Å²) in [6.45, 7) is 6.67. The number of fused-ring (bicyclic) bond motifs is 4. The molecule has 0 amide bonds. The molecule has 5 heterocycles. The lowest BCUT2D eigenvalue weighted by Gasteiger charge is -2.63. The zero-order valence-corrected chi connectivity index (χ0v) is 45.6. The molecule has 0 bridgehead atoms. The van der Waals surface area contributed by atoms with E-state index in [9.17, 15) is 41.1 Å². The van der Waals surface area contributed by atoms with Crippen molar-refractivity contribution in [1.29, 1.82) is 0 Å². The molecule has 1 aromatic heterocycles. The predicted octanol–water partition coefficient (Wildman–Crippen LogP) is 6.43. The van der Waals surface area contributed by atoms with E-state index < -0.39 is 111 Å². The lowest BCUT2D eigenvalue weighted by Crippen LogP contribution is -2.81. The summed E-state index contributed by atoms with van der Waals surface area (Å²) in [4.78, 5) is 66.1. The monoisotopic (exact) mass is 1090 g/mol. The number of benzene rings is 3. The molecule has 2 fully saturated rings. The van der Waals surface area contributed by atoms with Crippen molar-refractivity contribution < 1.29 is 73.7 Å². The summed E-state index contributed by atoms with van der Waals surface area (Å²) >= 11 is 0. The largest absolute Gasteiger partial charge is 0.496 e. The van der Waals surface area contributed by atoms with Crippen LogP contribution in [0.3, 0.4) is 0 Å². The van der Waals surface area contributed by atoms with E-state index in [1.165, 1.54) is 33.3 Å². The van der Waals surface area contributed by atoms with Crippen molar-refractivity contribution in [2.24, 2.45) is 11.3 Å². The molecule has 21 heteroatoms. The van der Waals surface area contributed by atoms with Gasteiger partial charge in [-0.05, 0) is 100 Å². The van der Waals surface area contributed by atoms with Crippen LogP contribution in [0.2, 0.25) is 0 Å². The summed E-state index contributed by atoms with van der Waals surface area (Å²) in [5.41, 5.74) is -5.29. The molecule has 4 aromatic rings. The number of methoxy groups -OCH3 is 3. The number of alkyl halides is 3. The SMILES string of the molecule is CC[C@]1(OC(=O)C(F)(F)F)C[C@H](COS(=O)(=O)c2ccc(C)cc2)C[C@](C(=O)OC)(c2cc3c(cc2OC)N(C)[C@@H]2C34CCN3CC=C[C@](CC)([C@H]34)[C@@H](OC(C)=O)[C@]2(O)C(=O)OC)c2[nH]c3ccccc3c2CCN(C)C1. The van der Waals surface area contributed by atoms with E-state index in [-0.39, 0.29) is 42.1 Å². The highest BCUT2D eigenvalue weighted by molar-refractivity contribution is 7.86. The van der Waals surface area contributed by atoms with Crippen LogP contribution in [0.5, 0.6) is 5.75 Å². The van der Waals surface area contributed by atoms with Crippen molar-refractivity contribution in [3.63, 3.8) is 0 Å². The van der Waals surface area contributed by atoms with Crippen LogP contribution >= 0.6 is 0 Å². The van der Waals surface area contributed by atoms with Crippen LogP contribution in [0.25, 0.3) is 10.9 Å². The second kappa shape index (κ2) is 20.0. The summed E-state index contributed by atoms with van der Waals surface area (Å²) in [7, 11) is 2.58. The van der Waals surface area contributed by atoms with Crippen LogP contribution in [0.1, 0.15) is 80.8 Å². The van der Waals surface area contributed by atoms with E-state index in [1.54, 1.807) is 55.9 Å². The fourth-order valence-electron chi connectivity index (χ4n) is 14.4. The number of para-hydroxylation sites is 1. The molecular weight excluding hydrogens is 1030 g/mol. The lowest BCUT2D eigenvalue weighted by atomic mass is 9.47. The number of nitrogens with one attached hydrogen (secondary N) is 1. The van der Waals surface area contributed by atoms with Gasteiger partial charge in [-0.25, -0.2) is 9.59 Å². The number of hydrogen-bond donors (Lipinski definition) is 2. The molecular formula is C56H67F3N4O13S. The zero-order valence-electron chi connectivity index (χ0n) is 44.7. The highest BCUT2D eigenvalue weighted by Crippen LogP contribution is 2.68. The number of aromatic amines is 1. The summed E-state index contributed by atoms with van der Waals surface area (Å²) in [5, 5.41) is 14.2. The molecule has 77 heavy (non-hydrogen) atoms. The molecule has 1 unspecified atom stereocenters. The van der Waals surface area contributed by atoms with Gasteiger partial charge in [0, 0.05) is 84.4 Å². The number of rotatable bonds is 12. The number of aromatic nitrogens is 1. The maximum absolute atomic E-state index is 16.0. The third-order valence-electron chi connectivity index (χ3n) is 17.5. The average Bonchev–Trinajstić information content (AvgIpc) is 3.42. The Morgan fingerprint density at radius 3 is 2.23 bits per heavy atom. The van der Waals surface area contributed by atoms with E-state index in [1.807, 2.05) is 49.4 Å². The van der Waals surface area contributed by atoms with Crippen LogP contribution in [-0.4, -0.2) is 156 Å². The molecule has 416 valence electrons. The molecule has 2 N–H and O–H groups in total. The molecule has 9 rings (SSSR count). The van der Waals surface area contributed by atoms with E-state index in [0.29, 0.717) is 59.3 Å². The number of carbonyl (C=O) groups is 4. The highest BCUT2D eigenvalue weighted by Gasteiger charge is 2.80. The minimum atomic E-state index is -5.40. The first kappa shape index (κ1) is 55.7. The van der Waals surface area contributed by atoms with E-state index in [0.717, 1.165) is 12.7 Å². The number of ether oxygens (including phenoxy) is 5. The fourth-order valence-corrected chi connectivity index (χ4v) is 15.4. The number of carbonyl (C=O) groups excluding carboxylic acids is 4. The number of nitrogens with zero attached hydrogens (tertiary/aromatic N) is 3. The second-order valence-electron chi connectivity index (χ2n) is 21.6.